The molecule has 0 aliphatic rings. The summed E-state index contributed by atoms with van der Waals surface area (Å²) in [6.45, 7) is 6.53. The van der Waals surface area contributed by atoms with E-state index in [1.807, 2.05) is 49.0 Å². The topological polar surface area (TPSA) is 17.1 Å². The molecule has 0 aromatic heterocycles. The molecule has 1 aromatic carbocycles. The molecule has 0 saturated heterocycles. The highest BCUT2D eigenvalue weighted by atomic mass is 32.2. The molecule has 2 atom stereocenters. The molecule has 106 valence electrons. The van der Waals surface area contributed by atoms with Crippen molar-refractivity contribution in [3.05, 3.63) is 35.9 Å². The molecule has 1 nitrogen and oxygen atoms in total. The molecule has 19 heavy (non-hydrogen) atoms. The van der Waals surface area contributed by atoms with Gasteiger partial charge in [-0.25, -0.2) is 0 Å². The molecule has 0 heterocycles. The molecule has 0 aliphatic carbocycles. The van der Waals surface area contributed by atoms with Crippen molar-refractivity contribution in [3.8, 4) is 0 Å². The highest BCUT2D eigenvalue weighted by Crippen LogP contribution is 2.23. The van der Waals surface area contributed by atoms with Gasteiger partial charge in [-0.1, -0.05) is 63.4 Å². The number of Topliss-reactive ketones (excluding diaryl/α,β-unsaturated/α-hetero) is 1. The molecule has 0 saturated carbocycles. The molecule has 2 unspecified atom stereocenters. The zero-order valence-electron chi connectivity index (χ0n) is 12.4. The van der Waals surface area contributed by atoms with Gasteiger partial charge in [-0.05, 0) is 25.0 Å². The zero-order chi connectivity index (χ0) is 14.1. The second-order valence-electron chi connectivity index (χ2n) is 5.12. The summed E-state index contributed by atoms with van der Waals surface area (Å²) in [5, 5.41) is 0.0677. The lowest BCUT2D eigenvalue weighted by Gasteiger charge is -2.17. The molecular formula is C17H26OS. The standard InChI is InChI=1S/C17H26OS/c1-4-6-10-15(5-2)13-19-14(3)17(18)16-11-8-7-9-12-16/h7-9,11-12,14-15H,4-6,10,13H2,1-3H3. The van der Waals surface area contributed by atoms with Gasteiger partial charge >= 0.3 is 0 Å². The fraction of sp³-hybridized carbons (Fsp3) is 0.588. The predicted molar refractivity (Wildman–Crippen MR) is 86.0 cm³/mol. The minimum atomic E-state index is 0.0677. The molecule has 2 heteroatoms. The molecule has 0 radical (unpaired) electrons. The van der Waals surface area contributed by atoms with Crippen molar-refractivity contribution in [1.82, 2.24) is 0 Å². The van der Waals surface area contributed by atoms with E-state index < -0.39 is 0 Å². The molecular weight excluding hydrogens is 252 g/mol. The Morgan fingerprint density at radius 1 is 1.21 bits per heavy atom. The number of ketones is 1. The van der Waals surface area contributed by atoms with Crippen molar-refractivity contribution < 1.29 is 4.79 Å². The Kier molecular flexibility index (Phi) is 7.88. The molecule has 0 N–H and O–H groups in total. The maximum atomic E-state index is 12.2. The van der Waals surface area contributed by atoms with Gasteiger partial charge in [0.1, 0.15) is 0 Å². The zero-order valence-corrected chi connectivity index (χ0v) is 13.2. The third-order valence-electron chi connectivity index (χ3n) is 3.55. The molecule has 0 spiro atoms. The lowest BCUT2D eigenvalue weighted by Crippen LogP contribution is -2.16. The van der Waals surface area contributed by atoms with Crippen LogP contribution in [0, 0.1) is 5.92 Å². The Morgan fingerprint density at radius 3 is 2.47 bits per heavy atom. The average Bonchev–Trinajstić information content (AvgIpc) is 2.47. The van der Waals surface area contributed by atoms with Gasteiger partial charge in [-0.2, -0.15) is 11.8 Å². The normalized spacial score (nSPS) is 14.1. The van der Waals surface area contributed by atoms with Crippen LogP contribution in [0.15, 0.2) is 30.3 Å². The Morgan fingerprint density at radius 2 is 1.89 bits per heavy atom. The maximum absolute atomic E-state index is 12.2. The first-order valence-corrected chi connectivity index (χ1v) is 8.44. The van der Waals surface area contributed by atoms with Crippen molar-refractivity contribution in [1.29, 1.82) is 0 Å². The Bertz CT molecular complexity index is 361. The highest BCUT2D eigenvalue weighted by molar-refractivity contribution is 8.00. The van der Waals surface area contributed by atoms with Gasteiger partial charge in [0.2, 0.25) is 0 Å². The van der Waals surface area contributed by atoms with E-state index in [1.54, 1.807) is 0 Å². The average molecular weight is 278 g/mol. The number of hydrogen-bond donors (Lipinski definition) is 0. The number of unbranched alkanes of at least 4 members (excludes halogenated alkanes) is 1. The van der Waals surface area contributed by atoms with Gasteiger partial charge in [0.05, 0.1) is 5.25 Å². The van der Waals surface area contributed by atoms with Crippen LogP contribution in [-0.4, -0.2) is 16.8 Å². The second kappa shape index (κ2) is 9.19. The van der Waals surface area contributed by atoms with E-state index in [1.165, 1.54) is 25.7 Å². The summed E-state index contributed by atoms with van der Waals surface area (Å²) in [5.41, 5.74) is 0.837. The van der Waals surface area contributed by atoms with Crippen LogP contribution in [0.3, 0.4) is 0 Å². The Hall–Kier alpha value is -0.760. The van der Waals surface area contributed by atoms with Crippen molar-refractivity contribution in [2.75, 3.05) is 5.75 Å². The molecule has 0 aliphatic heterocycles. The first kappa shape index (κ1) is 16.3. The summed E-state index contributed by atoms with van der Waals surface area (Å²) in [5.74, 6) is 2.13. The van der Waals surface area contributed by atoms with E-state index in [2.05, 4.69) is 13.8 Å². The number of thioether (sulfide) groups is 1. The monoisotopic (exact) mass is 278 g/mol. The van der Waals surface area contributed by atoms with Gasteiger partial charge in [0.25, 0.3) is 0 Å². The highest BCUT2D eigenvalue weighted by Gasteiger charge is 2.17. The van der Waals surface area contributed by atoms with E-state index in [0.717, 1.165) is 17.2 Å². The quantitative estimate of drug-likeness (QED) is 0.577. The minimum Gasteiger partial charge on any atom is -0.293 e. The number of carbonyl (C=O) groups excluding carboxylic acids is 1. The lowest BCUT2D eigenvalue weighted by atomic mass is 10.0. The van der Waals surface area contributed by atoms with E-state index in [0.29, 0.717) is 0 Å². The number of carbonyl (C=O) groups is 1. The van der Waals surface area contributed by atoms with Gasteiger partial charge < -0.3 is 0 Å². The largest absolute Gasteiger partial charge is 0.293 e. The molecule has 1 aromatic rings. The summed E-state index contributed by atoms with van der Waals surface area (Å²) in [6, 6.07) is 9.63. The number of hydrogen-bond acceptors (Lipinski definition) is 2. The van der Waals surface area contributed by atoms with Crippen LogP contribution >= 0.6 is 11.8 Å². The molecule has 0 amide bonds. The van der Waals surface area contributed by atoms with E-state index in [-0.39, 0.29) is 11.0 Å². The minimum absolute atomic E-state index is 0.0677. The Balaban J connectivity index is 2.42. The second-order valence-corrected chi connectivity index (χ2v) is 6.50. The van der Waals surface area contributed by atoms with Crippen molar-refractivity contribution in [2.45, 2.75) is 51.7 Å². The van der Waals surface area contributed by atoms with E-state index >= 15 is 0 Å². The summed E-state index contributed by atoms with van der Waals surface area (Å²) in [4.78, 5) is 12.2. The fourth-order valence-corrected chi connectivity index (χ4v) is 3.34. The van der Waals surface area contributed by atoms with Gasteiger partial charge in [-0.15, -0.1) is 0 Å². The molecule has 1 rings (SSSR count). The van der Waals surface area contributed by atoms with Gasteiger partial charge in [0, 0.05) is 5.56 Å². The summed E-state index contributed by atoms with van der Waals surface area (Å²) in [6.07, 6.45) is 5.09. The third-order valence-corrected chi connectivity index (χ3v) is 4.93. The van der Waals surface area contributed by atoms with E-state index in [4.69, 9.17) is 0 Å². The smallest absolute Gasteiger partial charge is 0.175 e. The van der Waals surface area contributed by atoms with E-state index in [9.17, 15) is 4.79 Å². The fourth-order valence-electron chi connectivity index (χ4n) is 2.09. The van der Waals surface area contributed by atoms with Crippen molar-refractivity contribution in [3.63, 3.8) is 0 Å². The predicted octanol–water partition coefficient (Wildman–Crippen LogP) is 5.21. The first-order valence-electron chi connectivity index (χ1n) is 7.39. The van der Waals surface area contributed by atoms with Crippen molar-refractivity contribution >= 4 is 17.5 Å². The van der Waals surface area contributed by atoms with Crippen LogP contribution in [0.5, 0.6) is 0 Å². The summed E-state index contributed by atoms with van der Waals surface area (Å²) >= 11 is 1.81. The lowest BCUT2D eigenvalue weighted by molar-refractivity contribution is 0.0994. The van der Waals surface area contributed by atoms with Gasteiger partial charge in [-0.3, -0.25) is 4.79 Å². The Labute approximate surface area is 122 Å². The van der Waals surface area contributed by atoms with Crippen molar-refractivity contribution in [2.24, 2.45) is 5.92 Å². The van der Waals surface area contributed by atoms with Crippen LogP contribution in [-0.2, 0) is 0 Å². The van der Waals surface area contributed by atoms with Crippen LogP contribution in [0.25, 0.3) is 0 Å². The number of benzene rings is 1. The molecule has 0 bridgehead atoms. The first-order chi connectivity index (χ1) is 9.19. The van der Waals surface area contributed by atoms with Crippen LogP contribution in [0.2, 0.25) is 0 Å². The number of rotatable bonds is 9. The maximum Gasteiger partial charge on any atom is 0.175 e. The summed E-state index contributed by atoms with van der Waals surface area (Å²) in [7, 11) is 0. The third kappa shape index (κ3) is 5.82. The van der Waals surface area contributed by atoms with Crippen LogP contribution in [0.1, 0.15) is 56.8 Å². The summed E-state index contributed by atoms with van der Waals surface area (Å²) < 4.78 is 0. The van der Waals surface area contributed by atoms with Gasteiger partial charge in [0.15, 0.2) is 5.78 Å². The van der Waals surface area contributed by atoms with Crippen LogP contribution in [0.4, 0.5) is 0 Å². The van der Waals surface area contributed by atoms with Crippen LogP contribution < -0.4 is 0 Å². The SMILES string of the molecule is CCCCC(CC)CSC(C)C(=O)c1ccccc1. The molecule has 0 fully saturated rings.